The van der Waals surface area contributed by atoms with Crippen molar-refractivity contribution < 1.29 is 0 Å². The van der Waals surface area contributed by atoms with Gasteiger partial charge in [0, 0.05) is 32.0 Å². The van der Waals surface area contributed by atoms with Gasteiger partial charge in [0.15, 0.2) is 0 Å². The fourth-order valence-electron chi connectivity index (χ4n) is 3.79. The summed E-state index contributed by atoms with van der Waals surface area (Å²) in [5.74, 6) is 0. The Morgan fingerprint density at radius 3 is 1.44 bits per heavy atom. The van der Waals surface area contributed by atoms with Crippen LogP contribution in [0.1, 0.15) is 13.8 Å². The number of nitrogens with one attached hydrogen (secondary N) is 2. The summed E-state index contributed by atoms with van der Waals surface area (Å²) in [5.41, 5.74) is 8.32. The zero-order valence-corrected chi connectivity index (χ0v) is 21.4. The summed E-state index contributed by atoms with van der Waals surface area (Å²) in [7, 11) is 0. The molecule has 0 radical (unpaired) electrons. The molecular weight excluding hydrogens is 456 g/mol. The molecule has 0 saturated heterocycles. The van der Waals surface area contributed by atoms with Crippen LogP contribution in [0.5, 0.6) is 0 Å². The van der Waals surface area contributed by atoms with E-state index in [1.54, 1.807) is 23.5 Å². The highest BCUT2D eigenvalue weighted by Crippen LogP contribution is 2.33. The van der Waals surface area contributed by atoms with Gasteiger partial charge in [-0.3, -0.25) is 10.2 Å². The van der Waals surface area contributed by atoms with Crippen LogP contribution >= 0.6 is 23.5 Å². The Hall–Kier alpha value is -3.22. The number of H-pyrrole nitrogens is 2. The van der Waals surface area contributed by atoms with Crippen molar-refractivity contribution >= 4 is 23.5 Å². The van der Waals surface area contributed by atoms with E-state index < -0.39 is 0 Å². The number of aromatic amines is 2. The van der Waals surface area contributed by atoms with Crippen molar-refractivity contribution in [2.24, 2.45) is 0 Å². The Bertz CT molecular complexity index is 1270. The maximum atomic E-state index is 4.58. The molecule has 2 N–H and O–H groups in total. The molecule has 2 aromatic heterocycles. The molecule has 0 aliphatic heterocycles. The highest BCUT2D eigenvalue weighted by molar-refractivity contribution is 7.99. The molecule has 0 aliphatic carbocycles. The minimum Gasteiger partial charge on any atom is -0.277 e. The molecule has 0 atom stereocenters. The van der Waals surface area contributed by atoms with Gasteiger partial charge >= 0.3 is 0 Å². The third-order valence-electron chi connectivity index (χ3n) is 5.40. The highest BCUT2D eigenvalue weighted by atomic mass is 32.2. The fraction of sp³-hybridized carbons (Fsp3) is 0.143. The van der Waals surface area contributed by atoms with Gasteiger partial charge in [0.1, 0.15) is 0 Å². The third-order valence-corrected chi connectivity index (χ3v) is 7.00. The summed E-state index contributed by atoms with van der Waals surface area (Å²) in [5, 5.41) is 15.6. The Labute approximate surface area is 209 Å². The van der Waals surface area contributed by atoms with Crippen LogP contribution in [0.15, 0.2) is 94.7 Å². The number of aromatic nitrogens is 4. The van der Waals surface area contributed by atoms with E-state index in [4.69, 9.17) is 0 Å². The average molecular weight is 485 g/mol. The van der Waals surface area contributed by atoms with Gasteiger partial charge in [-0.15, -0.1) is 23.5 Å². The highest BCUT2D eigenvalue weighted by Gasteiger charge is 2.12. The van der Waals surface area contributed by atoms with Crippen LogP contribution in [-0.4, -0.2) is 32.9 Å². The van der Waals surface area contributed by atoms with Crippen molar-refractivity contribution in [3.05, 3.63) is 84.9 Å². The van der Waals surface area contributed by atoms with Crippen molar-refractivity contribution in [1.29, 1.82) is 0 Å². The van der Waals surface area contributed by atoms with Crippen LogP contribution in [0.4, 0.5) is 0 Å². The fourth-order valence-corrected chi connectivity index (χ4v) is 5.01. The van der Waals surface area contributed by atoms with E-state index in [0.29, 0.717) is 0 Å². The van der Waals surface area contributed by atoms with Gasteiger partial charge in [-0.05, 0) is 42.8 Å². The Kier molecular flexibility index (Phi) is 7.93. The topological polar surface area (TPSA) is 57.4 Å². The second kappa shape index (κ2) is 11.3. The van der Waals surface area contributed by atoms with E-state index in [0.717, 1.165) is 33.9 Å². The predicted octanol–water partition coefficient (Wildman–Crippen LogP) is 8.27. The van der Waals surface area contributed by atoms with Gasteiger partial charge in [-0.2, -0.15) is 10.2 Å². The zero-order valence-electron chi connectivity index (χ0n) is 19.8. The Balaban J connectivity index is 0.00000133. The standard InChI is InChI=1S/C26H22N4S2.C2H6/c1-31-25-12-5-3-10-19(25)23-15-21(27-29-23)17-8-7-9-18(14-17)22-16-24(30-28-22)20-11-4-6-13-26(20)32-2;1-2/h3-16H,1-2H3,(H,27,29)(H,28,30);1-2H3. The molecule has 2 heterocycles. The molecule has 172 valence electrons. The molecule has 0 saturated carbocycles. The summed E-state index contributed by atoms with van der Waals surface area (Å²) in [6.07, 6.45) is 4.19. The van der Waals surface area contributed by atoms with Crippen molar-refractivity contribution in [1.82, 2.24) is 20.4 Å². The number of rotatable bonds is 6. The zero-order chi connectivity index (χ0) is 23.9. The van der Waals surface area contributed by atoms with E-state index in [1.165, 1.54) is 20.9 Å². The summed E-state index contributed by atoms with van der Waals surface area (Å²) in [6.45, 7) is 4.00. The molecule has 0 amide bonds. The number of nitrogens with zero attached hydrogens (tertiary/aromatic N) is 2. The van der Waals surface area contributed by atoms with Crippen molar-refractivity contribution in [3.8, 4) is 45.0 Å². The predicted molar refractivity (Wildman–Crippen MR) is 147 cm³/mol. The molecule has 3 aromatic carbocycles. The summed E-state index contributed by atoms with van der Waals surface area (Å²) in [4.78, 5) is 2.46. The smallest absolute Gasteiger partial charge is 0.0927 e. The molecule has 34 heavy (non-hydrogen) atoms. The average Bonchev–Trinajstić information content (AvgIpc) is 3.61. The number of thioether (sulfide) groups is 2. The minimum absolute atomic E-state index is 0.918. The van der Waals surface area contributed by atoms with Crippen LogP contribution in [0.2, 0.25) is 0 Å². The summed E-state index contributed by atoms with van der Waals surface area (Å²) >= 11 is 3.47. The first-order valence-electron chi connectivity index (χ1n) is 11.2. The van der Waals surface area contributed by atoms with Gasteiger partial charge in [0.2, 0.25) is 0 Å². The van der Waals surface area contributed by atoms with Gasteiger partial charge in [-0.25, -0.2) is 0 Å². The van der Waals surface area contributed by atoms with Gasteiger partial charge in [0.25, 0.3) is 0 Å². The molecule has 0 fully saturated rings. The summed E-state index contributed by atoms with van der Waals surface area (Å²) in [6, 6.07) is 29.3. The van der Waals surface area contributed by atoms with Gasteiger partial charge in [0.05, 0.1) is 22.8 Å². The lowest BCUT2D eigenvalue weighted by atomic mass is 10.0. The molecule has 4 nitrogen and oxygen atoms in total. The van der Waals surface area contributed by atoms with E-state index in [2.05, 4.69) is 118 Å². The minimum atomic E-state index is 0.918. The first kappa shape index (κ1) is 23.9. The van der Waals surface area contributed by atoms with Crippen LogP contribution in [0.3, 0.4) is 0 Å². The molecule has 5 aromatic rings. The maximum absolute atomic E-state index is 4.58. The van der Waals surface area contributed by atoms with Crippen LogP contribution in [0, 0.1) is 0 Å². The largest absolute Gasteiger partial charge is 0.277 e. The molecule has 0 aliphatic rings. The van der Waals surface area contributed by atoms with Crippen LogP contribution < -0.4 is 0 Å². The number of benzene rings is 3. The van der Waals surface area contributed by atoms with E-state index >= 15 is 0 Å². The van der Waals surface area contributed by atoms with E-state index in [1.807, 2.05) is 13.8 Å². The Morgan fingerprint density at radius 2 is 1.00 bits per heavy atom. The molecule has 0 unspecified atom stereocenters. The second-order valence-corrected chi connectivity index (χ2v) is 9.01. The number of hydrogen-bond donors (Lipinski definition) is 2. The molecule has 0 bridgehead atoms. The number of hydrogen-bond acceptors (Lipinski definition) is 4. The Morgan fingerprint density at radius 1 is 0.559 bits per heavy atom. The van der Waals surface area contributed by atoms with Crippen LogP contribution in [-0.2, 0) is 0 Å². The van der Waals surface area contributed by atoms with Crippen molar-refractivity contribution in [2.75, 3.05) is 12.5 Å². The third kappa shape index (κ3) is 4.98. The normalized spacial score (nSPS) is 10.6. The van der Waals surface area contributed by atoms with E-state index in [-0.39, 0.29) is 0 Å². The van der Waals surface area contributed by atoms with Crippen molar-refractivity contribution in [3.63, 3.8) is 0 Å². The molecule has 0 spiro atoms. The lowest BCUT2D eigenvalue weighted by molar-refractivity contribution is 1.09. The monoisotopic (exact) mass is 484 g/mol. The lowest BCUT2D eigenvalue weighted by Crippen LogP contribution is -1.82. The maximum Gasteiger partial charge on any atom is 0.0927 e. The first-order valence-corrected chi connectivity index (χ1v) is 13.7. The first-order chi connectivity index (χ1) is 16.8. The molecule has 6 heteroatoms. The molecule has 5 rings (SSSR count). The lowest BCUT2D eigenvalue weighted by Gasteiger charge is -2.04. The van der Waals surface area contributed by atoms with Crippen LogP contribution in [0.25, 0.3) is 45.0 Å². The SMILES string of the molecule is CC.CSc1ccccc1-c1cc(-c2cccc(-c3cc(-c4ccccc4SC)[nH]n3)c2)n[nH]1. The second-order valence-electron chi connectivity index (χ2n) is 7.32. The van der Waals surface area contributed by atoms with Gasteiger partial charge in [-0.1, -0.05) is 68.4 Å². The van der Waals surface area contributed by atoms with E-state index in [9.17, 15) is 0 Å². The van der Waals surface area contributed by atoms with Crippen molar-refractivity contribution in [2.45, 2.75) is 23.6 Å². The van der Waals surface area contributed by atoms with Gasteiger partial charge < -0.3 is 0 Å². The summed E-state index contributed by atoms with van der Waals surface area (Å²) < 4.78 is 0. The quantitative estimate of drug-likeness (QED) is 0.238. The molecular formula is C28H28N4S2.